The van der Waals surface area contributed by atoms with Crippen molar-refractivity contribution in [3.8, 4) is 0 Å². The summed E-state index contributed by atoms with van der Waals surface area (Å²) in [5, 5.41) is 0. The van der Waals surface area contributed by atoms with Crippen LogP contribution in [0.3, 0.4) is 0 Å². The molecular formula is C42H96Cl2N2O6Si2. The molecule has 0 aromatic rings. The second-order valence-corrected chi connectivity index (χ2v) is 22.5. The molecule has 332 valence electrons. The first-order chi connectivity index (χ1) is 25.0. The van der Waals surface area contributed by atoms with E-state index in [1.807, 2.05) is 0 Å². The van der Waals surface area contributed by atoms with Gasteiger partial charge in [0.1, 0.15) is 0 Å². The Hall–Kier alpha value is 0.694. The summed E-state index contributed by atoms with van der Waals surface area (Å²) in [6.45, 7) is 13.1. The lowest BCUT2D eigenvalue weighted by molar-refractivity contribution is -0.910. The van der Waals surface area contributed by atoms with Crippen molar-refractivity contribution >= 4 is 17.6 Å². The van der Waals surface area contributed by atoms with E-state index in [0.717, 1.165) is 36.0 Å². The molecule has 54 heavy (non-hydrogen) atoms. The van der Waals surface area contributed by atoms with Crippen molar-refractivity contribution in [3.63, 3.8) is 0 Å². The molecule has 0 rings (SSSR count). The maximum absolute atomic E-state index is 5.63. The minimum atomic E-state index is -2.44. The molecule has 0 aromatic heterocycles. The number of hydrogen-bond acceptors (Lipinski definition) is 6. The smallest absolute Gasteiger partial charge is 0.500 e. The van der Waals surface area contributed by atoms with Crippen LogP contribution in [0.5, 0.6) is 0 Å². The molecule has 0 unspecified atom stereocenters. The molecular weight excluding hydrogens is 756 g/mol. The van der Waals surface area contributed by atoms with Gasteiger partial charge >= 0.3 is 17.6 Å². The molecule has 12 heteroatoms. The molecule has 0 radical (unpaired) electrons. The number of halogens is 2. The van der Waals surface area contributed by atoms with E-state index in [1.165, 1.54) is 165 Å². The first-order valence-corrected chi connectivity index (χ1v) is 25.8. The zero-order valence-corrected chi connectivity index (χ0v) is 41.8. The monoisotopic (exact) mass is 851 g/mol. The van der Waals surface area contributed by atoms with Gasteiger partial charge in [-0.2, -0.15) is 0 Å². The highest BCUT2D eigenvalue weighted by atomic mass is 35.5. The van der Waals surface area contributed by atoms with Crippen LogP contribution in [0, 0.1) is 0 Å². The average molecular weight is 852 g/mol. The van der Waals surface area contributed by atoms with Crippen molar-refractivity contribution in [2.24, 2.45) is 0 Å². The summed E-state index contributed by atoms with van der Waals surface area (Å²) < 4.78 is 35.6. The Kier molecular flexibility index (Phi) is 46.0. The first-order valence-electron chi connectivity index (χ1n) is 21.9. The van der Waals surface area contributed by atoms with Gasteiger partial charge in [-0.15, -0.1) is 0 Å². The fourth-order valence-corrected chi connectivity index (χ4v) is 10.8. The average Bonchev–Trinajstić information content (AvgIpc) is 3.15. The summed E-state index contributed by atoms with van der Waals surface area (Å²) in [4.78, 5) is 0. The molecule has 0 aliphatic rings. The molecule has 0 fully saturated rings. The van der Waals surface area contributed by atoms with Gasteiger partial charge in [-0.3, -0.25) is 0 Å². The van der Waals surface area contributed by atoms with Crippen molar-refractivity contribution in [3.05, 3.63) is 0 Å². The Morgan fingerprint density at radius 1 is 0.315 bits per heavy atom. The number of rotatable bonds is 38. The van der Waals surface area contributed by atoms with Crippen molar-refractivity contribution in [2.45, 2.75) is 181 Å². The minimum absolute atomic E-state index is 0. The highest BCUT2D eigenvalue weighted by Gasteiger charge is 2.39. The molecule has 8 nitrogen and oxygen atoms in total. The molecule has 0 atom stereocenters. The van der Waals surface area contributed by atoms with E-state index >= 15 is 0 Å². The molecule has 0 aromatic carbocycles. The van der Waals surface area contributed by atoms with Gasteiger partial charge in [0.05, 0.1) is 53.9 Å². The van der Waals surface area contributed by atoms with E-state index in [4.69, 9.17) is 26.6 Å². The maximum Gasteiger partial charge on any atom is 0.500 e. The number of nitrogens with zero attached hydrogens (tertiary/aromatic N) is 2. The van der Waals surface area contributed by atoms with Crippen LogP contribution < -0.4 is 24.8 Å². The Balaban J connectivity index is -0.000000466. The van der Waals surface area contributed by atoms with Crippen LogP contribution in [-0.2, 0) is 26.6 Å². The topological polar surface area (TPSA) is 55.4 Å². The summed E-state index contributed by atoms with van der Waals surface area (Å²) in [7, 11) is 12.6. The lowest BCUT2D eigenvalue weighted by Crippen LogP contribution is -3.00. The third-order valence-corrected chi connectivity index (χ3v) is 16.9. The lowest BCUT2D eigenvalue weighted by Gasteiger charge is -2.36. The molecule has 0 amide bonds. The van der Waals surface area contributed by atoms with Crippen LogP contribution >= 0.6 is 0 Å². The molecule has 0 saturated carbocycles. The van der Waals surface area contributed by atoms with E-state index in [1.54, 1.807) is 42.7 Å². The van der Waals surface area contributed by atoms with Crippen LogP contribution in [0.1, 0.15) is 168 Å². The molecule has 0 aliphatic carbocycles. The molecule has 0 N–H and O–H groups in total. The van der Waals surface area contributed by atoms with Crippen molar-refractivity contribution in [1.29, 1.82) is 0 Å². The summed E-state index contributed by atoms with van der Waals surface area (Å²) >= 11 is 0. The Morgan fingerprint density at radius 2 is 0.537 bits per heavy atom. The van der Waals surface area contributed by atoms with Gasteiger partial charge in [0.2, 0.25) is 0 Å². The first kappa shape index (κ1) is 61.4. The minimum Gasteiger partial charge on any atom is -1.00 e. The molecule has 0 bridgehead atoms. The highest BCUT2D eigenvalue weighted by molar-refractivity contribution is 6.60. The third kappa shape index (κ3) is 33.6. The third-order valence-electron chi connectivity index (χ3n) is 11.3. The van der Waals surface area contributed by atoms with Crippen molar-refractivity contribution in [1.82, 2.24) is 0 Å². The summed E-state index contributed by atoms with van der Waals surface area (Å²) in [5.41, 5.74) is 0. The van der Waals surface area contributed by atoms with Crippen LogP contribution in [0.15, 0.2) is 0 Å². The molecule has 0 spiro atoms. The van der Waals surface area contributed by atoms with Gasteiger partial charge in [-0.05, 0) is 38.5 Å². The van der Waals surface area contributed by atoms with Crippen LogP contribution in [0.4, 0.5) is 0 Å². The standard InChI is InChI=1S/C25H56NO3Si.C17H40NO3Si.2ClH/c1-7-9-11-13-15-17-19-22-26(3,23-20-18-16-14-12-10-8-2)24-21-25-30(27-4,28-5)29-6;1-7-8-9-10-11-12-13-15-18(2,3)16-14-17-22(19-4,20-5)21-6;;/h7-25H2,1-6H3;7-17H2,1-6H3;2*1H/q2*+1;;/p-2. The number of quaternary nitrogens is 2. The normalized spacial score (nSPS) is 12.2. The summed E-state index contributed by atoms with van der Waals surface area (Å²) in [6, 6.07) is 1.81. The Labute approximate surface area is 353 Å². The van der Waals surface area contributed by atoms with E-state index < -0.39 is 17.6 Å². The predicted octanol–water partition coefficient (Wildman–Crippen LogP) is 5.29. The SMILES string of the molecule is CCCCCCCCC[N+](C)(C)CCC[Si](OC)(OC)OC.CCCCCCCCC[N+](C)(CCCCCCCCC)CCC[Si](OC)(OC)OC.[Cl-].[Cl-]. The molecule has 0 aliphatic heterocycles. The largest absolute Gasteiger partial charge is 1.00 e. The van der Waals surface area contributed by atoms with Gasteiger partial charge < -0.3 is 60.3 Å². The van der Waals surface area contributed by atoms with Crippen molar-refractivity contribution < 1.29 is 60.3 Å². The molecule has 0 heterocycles. The quantitative estimate of drug-likeness (QED) is 0.0479. The highest BCUT2D eigenvalue weighted by Crippen LogP contribution is 2.20. The van der Waals surface area contributed by atoms with Gasteiger partial charge in [-0.25, -0.2) is 0 Å². The Morgan fingerprint density at radius 3 is 0.833 bits per heavy atom. The van der Waals surface area contributed by atoms with Crippen LogP contribution in [0.25, 0.3) is 0 Å². The summed E-state index contributed by atoms with van der Waals surface area (Å²) in [6.07, 6.45) is 31.3. The predicted molar refractivity (Wildman–Crippen MR) is 229 cm³/mol. The fraction of sp³-hybridized carbons (Fsp3) is 1.00. The summed E-state index contributed by atoms with van der Waals surface area (Å²) in [5.74, 6) is 0. The van der Waals surface area contributed by atoms with E-state index in [2.05, 4.69) is 41.9 Å². The van der Waals surface area contributed by atoms with E-state index in [9.17, 15) is 0 Å². The fourth-order valence-electron chi connectivity index (χ4n) is 7.36. The van der Waals surface area contributed by atoms with E-state index in [-0.39, 0.29) is 24.8 Å². The lowest BCUT2D eigenvalue weighted by atomic mass is 10.1. The maximum atomic E-state index is 5.63. The van der Waals surface area contributed by atoms with Gasteiger partial charge in [0, 0.05) is 67.6 Å². The van der Waals surface area contributed by atoms with Crippen molar-refractivity contribution in [2.75, 3.05) is 96.5 Å². The Bertz CT molecular complexity index is 719. The second-order valence-electron chi connectivity index (χ2n) is 16.3. The van der Waals surface area contributed by atoms with Gasteiger partial charge in [0.25, 0.3) is 0 Å². The van der Waals surface area contributed by atoms with Gasteiger partial charge in [-0.1, -0.05) is 117 Å². The van der Waals surface area contributed by atoms with E-state index in [0.29, 0.717) is 0 Å². The van der Waals surface area contributed by atoms with Crippen LogP contribution in [0.2, 0.25) is 12.1 Å². The second kappa shape index (κ2) is 40.5. The number of unbranched alkanes of at least 4 members (excludes halogenated alkanes) is 18. The number of hydrogen-bond donors (Lipinski definition) is 0. The van der Waals surface area contributed by atoms with Crippen LogP contribution in [-0.4, -0.2) is 123 Å². The van der Waals surface area contributed by atoms with Gasteiger partial charge in [0.15, 0.2) is 0 Å². The zero-order valence-electron chi connectivity index (χ0n) is 38.3. The zero-order chi connectivity index (χ0) is 39.5. The molecule has 0 saturated heterocycles.